The lowest BCUT2D eigenvalue weighted by Gasteiger charge is -2.40. The summed E-state index contributed by atoms with van der Waals surface area (Å²) >= 11 is 0. The van der Waals surface area contributed by atoms with Gasteiger partial charge < -0.3 is 4.90 Å². The molecule has 1 unspecified atom stereocenters. The van der Waals surface area contributed by atoms with Crippen molar-refractivity contribution in [3.8, 4) is 22.3 Å². The van der Waals surface area contributed by atoms with Gasteiger partial charge in [0.15, 0.2) is 0 Å². The van der Waals surface area contributed by atoms with Crippen LogP contribution in [0.1, 0.15) is 114 Å². The Morgan fingerprint density at radius 1 is 0.667 bits per heavy atom. The van der Waals surface area contributed by atoms with Crippen molar-refractivity contribution in [1.82, 2.24) is 0 Å². The number of nitrogens with zero attached hydrogens (tertiary/aromatic N) is 1. The molecule has 6 aromatic carbocycles. The monoisotopic (exact) mass is 739 g/mol. The zero-order valence-electron chi connectivity index (χ0n) is 34.9. The van der Waals surface area contributed by atoms with Crippen LogP contribution in [0.4, 0.5) is 17.1 Å². The van der Waals surface area contributed by atoms with Crippen molar-refractivity contribution in [3.63, 3.8) is 0 Å². The molecule has 0 N–H and O–H groups in total. The molecule has 0 amide bonds. The second-order valence-electron chi connectivity index (χ2n) is 19.7. The number of allylic oxidation sites excluding steroid dienone is 4. The van der Waals surface area contributed by atoms with Crippen LogP contribution in [0.15, 0.2) is 115 Å². The summed E-state index contributed by atoms with van der Waals surface area (Å²) in [6.45, 7) is 19.8. The molecule has 0 saturated carbocycles. The van der Waals surface area contributed by atoms with Crippen molar-refractivity contribution in [2.45, 2.75) is 97.3 Å². The van der Waals surface area contributed by atoms with Gasteiger partial charge in [-0.15, -0.1) is 0 Å². The van der Waals surface area contributed by atoms with Crippen LogP contribution < -0.4 is 15.3 Å². The topological polar surface area (TPSA) is 3.24 Å². The van der Waals surface area contributed by atoms with E-state index < -0.39 is 0 Å². The lowest BCUT2D eigenvalue weighted by molar-refractivity contribution is 0.582. The Labute approximate surface area is 338 Å². The molecular weight excluding hydrogens is 687 g/mol. The molecule has 0 heterocycles. The molecule has 0 spiro atoms. The summed E-state index contributed by atoms with van der Waals surface area (Å²) < 4.78 is 0. The predicted octanol–water partition coefficient (Wildman–Crippen LogP) is 13.5. The largest absolute Gasteiger partial charge is 0.310 e. The molecular formula is C56H53N. The van der Waals surface area contributed by atoms with E-state index in [-0.39, 0.29) is 16.2 Å². The Kier molecular flexibility index (Phi) is 7.22. The van der Waals surface area contributed by atoms with Crippen molar-refractivity contribution < 1.29 is 0 Å². The Hall–Kier alpha value is -5.40. The summed E-state index contributed by atoms with van der Waals surface area (Å²) in [6.07, 6.45) is 14.1. The number of rotatable bonds is 3. The van der Waals surface area contributed by atoms with Gasteiger partial charge in [-0.2, -0.15) is 0 Å². The molecule has 0 aromatic heterocycles. The second-order valence-corrected chi connectivity index (χ2v) is 19.7. The van der Waals surface area contributed by atoms with Crippen molar-refractivity contribution >= 4 is 45.6 Å². The van der Waals surface area contributed by atoms with Gasteiger partial charge in [0.1, 0.15) is 0 Å². The van der Waals surface area contributed by atoms with Crippen LogP contribution in [0, 0.1) is 5.92 Å². The molecule has 0 saturated heterocycles. The predicted molar refractivity (Wildman–Crippen MR) is 243 cm³/mol. The highest BCUT2D eigenvalue weighted by Gasteiger charge is 2.51. The Morgan fingerprint density at radius 3 is 2.19 bits per heavy atom. The molecule has 1 nitrogen and oxygen atoms in total. The minimum absolute atomic E-state index is 0.0805. The third-order valence-electron chi connectivity index (χ3n) is 14.2. The van der Waals surface area contributed by atoms with E-state index in [9.17, 15) is 0 Å². The lowest BCUT2D eigenvalue weighted by Crippen LogP contribution is -2.29. The zero-order valence-corrected chi connectivity index (χ0v) is 34.9. The summed E-state index contributed by atoms with van der Waals surface area (Å²) in [6, 6.07) is 37.7. The van der Waals surface area contributed by atoms with Crippen LogP contribution in [0.25, 0.3) is 50.8 Å². The minimum atomic E-state index is -0.232. The molecule has 0 bridgehead atoms. The van der Waals surface area contributed by atoms with Gasteiger partial charge in [-0.25, -0.2) is 0 Å². The fourth-order valence-electron chi connectivity index (χ4n) is 11.7. The van der Waals surface area contributed by atoms with Gasteiger partial charge in [0.05, 0.1) is 5.69 Å². The van der Waals surface area contributed by atoms with Crippen LogP contribution in [0.2, 0.25) is 0 Å². The maximum Gasteiger partial charge on any atom is 0.0555 e. The lowest BCUT2D eigenvalue weighted by atomic mass is 9.70. The number of benzene rings is 6. The first-order valence-electron chi connectivity index (χ1n) is 21.4. The van der Waals surface area contributed by atoms with Crippen molar-refractivity contribution in [2.24, 2.45) is 5.92 Å². The van der Waals surface area contributed by atoms with E-state index in [1.807, 2.05) is 0 Å². The third kappa shape index (κ3) is 4.81. The maximum absolute atomic E-state index is 2.71. The number of hydrogen-bond donors (Lipinski definition) is 0. The minimum Gasteiger partial charge on any atom is -0.310 e. The van der Waals surface area contributed by atoms with Gasteiger partial charge in [-0.3, -0.25) is 0 Å². The average molecular weight is 740 g/mol. The number of hydrogen-bond acceptors (Lipinski definition) is 1. The van der Waals surface area contributed by atoms with Gasteiger partial charge in [0.25, 0.3) is 0 Å². The van der Waals surface area contributed by atoms with Crippen LogP contribution in [0.3, 0.4) is 0 Å². The smallest absolute Gasteiger partial charge is 0.0555 e. The first kappa shape index (κ1) is 34.8. The summed E-state index contributed by atoms with van der Waals surface area (Å²) in [4.78, 5) is 2.71. The quantitative estimate of drug-likeness (QED) is 0.174. The normalized spacial score (nSPS) is 18.8. The van der Waals surface area contributed by atoms with Crippen LogP contribution >= 0.6 is 0 Å². The number of anilines is 3. The third-order valence-corrected chi connectivity index (χ3v) is 14.2. The van der Waals surface area contributed by atoms with E-state index in [2.05, 4.69) is 182 Å². The summed E-state index contributed by atoms with van der Waals surface area (Å²) in [7, 11) is 0. The zero-order chi connectivity index (χ0) is 39.2. The SMILES string of the molecule is CC1C=CC2=C(C1)c1c(C(C)(C)C)c3c(c(N(c4ccc5c(c4)Cc4ccccc4-5)c4ccc5c6c(ccc5c4)=CCCC=6)c1C2(C)C)C(C)(C)c1ccccc1-3. The summed E-state index contributed by atoms with van der Waals surface area (Å²) in [5.74, 6) is 0.494. The highest BCUT2D eigenvalue weighted by Crippen LogP contribution is 2.65. The Morgan fingerprint density at radius 2 is 1.37 bits per heavy atom. The molecule has 0 aliphatic heterocycles. The first-order chi connectivity index (χ1) is 27.3. The molecule has 282 valence electrons. The number of fused-ring (bicyclic) bond motifs is 11. The molecule has 1 atom stereocenters. The standard InChI is InChI=1S/C56H53N/c1-33-21-28-47-45(29-33)49-50(54(2,3)4)48-44-19-13-14-20-46(44)55(5,6)51(48)53(52(49)56(47,7)8)57(39-25-27-43-37(32-39)30-35-16-10-12-18-41(35)43)38-24-26-42-36(31-38)23-22-34-15-9-11-17-40(34)42/h10,12-28,31-33H,9,11,29-30H2,1-8H3. The van der Waals surface area contributed by atoms with Crippen LogP contribution in [-0.2, 0) is 22.7 Å². The molecule has 1 heteroatoms. The van der Waals surface area contributed by atoms with Gasteiger partial charge in [0, 0.05) is 22.2 Å². The highest BCUT2D eigenvalue weighted by molar-refractivity contribution is 6.03. The first-order valence-corrected chi connectivity index (χ1v) is 21.4. The maximum atomic E-state index is 2.71. The van der Waals surface area contributed by atoms with E-state index in [1.165, 1.54) is 105 Å². The van der Waals surface area contributed by atoms with Gasteiger partial charge in [-0.05, 0) is 155 Å². The summed E-state index contributed by atoms with van der Waals surface area (Å²) in [5, 5.41) is 5.40. The van der Waals surface area contributed by atoms with Crippen LogP contribution in [0.5, 0.6) is 0 Å². The molecule has 57 heavy (non-hydrogen) atoms. The van der Waals surface area contributed by atoms with E-state index in [1.54, 1.807) is 5.57 Å². The van der Waals surface area contributed by atoms with E-state index in [4.69, 9.17) is 0 Å². The van der Waals surface area contributed by atoms with Crippen LogP contribution in [-0.4, -0.2) is 0 Å². The highest BCUT2D eigenvalue weighted by atomic mass is 15.2. The van der Waals surface area contributed by atoms with Crippen molar-refractivity contribution in [1.29, 1.82) is 0 Å². The van der Waals surface area contributed by atoms with E-state index >= 15 is 0 Å². The Balaban J connectivity index is 1.30. The van der Waals surface area contributed by atoms with E-state index in [0.29, 0.717) is 5.92 Å². The molecule has 0 fully saturated rings. The molecule has 0 radical (unpaired) electrons. The fraction of sp³-hybridized carbons (Fsp3) is 0.286. The van der Waals surface area contributed by atoms with E-state index in [0.717, 1.165) is 25.7 Å². The molecule has 5 aliphatic rings. The van der Waals surface area contributed by atoms with Crippen molar-refractivity contribution in [2.75, 3.05) is 4.90 Å². The van der Waals surface area contributed by atoms with Gasteiger partial charge in [-0.1, -0.05) is 152 Å². The van der Waals surface area contributed by atoms with Gasteiger partial charge in [0.2, 0.25) is 0 Å². The fourth-order valence-corrected chi connectivity index (χ4v) is 11.7. The second kappa shape index (κ2) is 11.8. The Bertz CT molecular complexity index is 2950. The summed E-state index contributed by atoms with van der Waals surface area (Å²) in [5.41, 5.74) is 22.2. The molecule has 6 aromatic rings. The van der Waals surface area contributed by atoms with Gasteiger partial charge >= 0.3 is 0 Å². The molecule has 11 rings (SSSR count). The molecule has 5 aliphatic carbocycles. The average Bonchev–Trinajstić information content (AvgIpc) is 3.76. The van der Waals surface area contributed by atoms with Crippen molar-refractivity contribution in [3.05, 3.63) is 164 Å².